The minimum absolute atomic E-state index is 0.0198. The molecular formula is C11H12F2N2. The molecule has 15 heavy (non-hydrogen) atoms. The molecule has 0 fully saturated rings. The second-order valence-electron chi connectivity index (χ2n) is 3.52. The van der Waals surface area contributed by atoms with Crippen molar-refractivity contribution in [2.75, 3.05) is 0 Å². The Kier molecular flexibility index (Phi) is 3.75. The molecule has 0 aromatic heterocycles. The smallest absolute Gasteiger partial charge is 0.131 e. The third-order valence-electron chi connectivity index (χ3n) is 1.92. The summed E-state index contributed by atoms with van der Waals surface area (Å²) >= 11 is 0. The van der Waals surface area contributed by atoms with Gasteiger partial charge in [-0.05, 0) is 26.0 Å². The minimum Gasteiger partial charge on any atom is -0.296 e. The van der Waals surface area contributed by atoms with Crippen LogP contribution in [0, 0.1) is 23.0 Å². The molecule has 1 aromatic carbocycles. The number of hydrogen-bond acceptors (Lipinski definition) is 2. The van der Waals surface area contributed by atoms with Crippen molar-refractivity contribution in [1.29, 1.82) is 5.26 Å². The van der Waals surface area contributed by atoms with Gasteiger partial charge in [0.1, 0.15) is 17.7 Å². The quantitative estimate of drug-likeness (QED) is 0.832. The normalized spacial score (nSPS) is 12.5. The van der Waals surface area contributed by atoms with Gasteiger partial charge in [-0.2, -0.15) is 5.26 Å². The van der Waals surface area contributed by atoms with Crippen molar-refractivity contribution in [2.45, 2.75) is 25.9 Å². The molecule has 0 saturated heterocycles. The minimum atomic E-state index is -0.953. The molecule has 80 valence electrons. The van der Waals surface area contributed by atoms with Crippen LogP contribution in [0.25, 0.3) is 0 Å². The summed E-state index contributed by atoms with van der Waals surface area (Å²) in [5.41, 5.74) is -0.214. The number of halogens is 2. The fourth-order valence-corrected chi connectivity index (χ4v) is 1.30. The van der Waals surface area contributed by atoms with Crippen LogP contribution in [0.5, 0.6) is 0 Å². The molecule has 0 aliphatic heterocycles. The first kappa shape index (κ1) is 11.6. The van der Waals surface area contributed by atoms with Gasteiger partial charge < -0.3 is 0 Å². The van der Waals surface area contributed by atoms with Crippen LogP contribution in [0.15, 0.2) is 18.2 Å². The maximum absolute atomic E-state index is 13.3. The molecule has 0 spiro atoms. The average Bonchev–Trinajstić information content (AvgIpc) is 2.15. The van der Waals surface area contributed by atoms with Gasteiger partial charge >= 0.3 is 0 Å². The molecule has 4 heteroatoms. The Balaban J connectivity index is 3.08. The Morgan fingerprint density at radius 1 is 1.27 bits per heavy atom. The molecule has 0 saturated carbocycles. The molecule has 0 aliphatic carbocycles. The number of benzene rings is 1. The van der Waals surface area contributed by atoms with E-state index in [2.05, 4.69) is 5.32 Å². The predicted octanol–water partition coefficient (Wildman–Crippen LogP) is 2.53. The molecule has 2 nitrogen and oxygen atoms in total. The van der Waals surface area contributed by atoms with Gasteiger partial charge in [-0.15, -0.1) is 0 Å². The lowest BCUT2D eigenvalue weighted by Gasteiger charge is -2.15. The highest BCUT2D eigenvalue weighted by Crippen LogP contribution is 2.20. The van der Waals surface area contributed by atoms with E-state index in [9.17, 15) is 8.78 Å². The molecule has 0 heterocycles. The van der Waals surface area contributed by atoms with Crippen molar-refractivity contribution >= 4 is 0 Å². The van der Waals surface area contributed by atoms with Crippen molar-refractivity contribution in [2.24, 2.45) is 0 Å². The lowest BCUT2D eigenvalue weighted by atomic mass is 10.1. The van der Waals surface area contributed by atoms with Gasteiger partial charge in [0, 0.05) is 6.04 Å². The lowest BCUT2D eigenvalue weighted by molar-refractivity contribution is 0.486. The molecule has 0 amide bonds. The van der Waals surface area contributed by atoms with E-state index in [4.69, 9.17) is 5.26 Å². The first-order valence-electron chi connectivity index (χ1n) is 4.65. The second kappa shape index (κ2) is 4.85. The van der Waals surface area contributed by atoms with E-state index >= 15 is 0 Å². The second-order valence-corrected chi connectivity index (χ2v) is 3.52. The van der Waals surface area contributed by atoms with E-state index in [-0.39, 0.29) is 11.6 Å². The number of nitrogens with one attached hydrogen (secondary N) is 1. The van der Waals surface area contributed by atoms with Gasteiger partial charge in [0.2, 0.25) is 0 Å². The fraction of sp³-hybridized carbons (Fsp3) is 0.364. The summed E-state index contributed by atoms with van der Waals surface area (Å²) in [6, 6.07) is 4.43. The maximum atomic E-state index is 13.3. The first-order chi connectivity index (χ1) is 7.06. The van der Waals surface area contributed by atoms with E-state index in [1.807, 2.05) is 19.9 Å². The Hall–Kier alpha value is -1.47. The Morgan fingerprint density at radius 2 is 1.80 bits per heavy atom. The van der Waals surface area contributed by atoms with E-state index in [0.717, 1.165) is 12.1 Å². The van der Waals surface area contributed by atoms with Crippen LogP contribution >= 0.6 is 0 Å². The summed E-state index contributed by atoms with van der Waals surface area (Å²) < 4.78 is 26.6. The van der Waals surface area contributed by atoms with Crippen LogP contribution in [0.2, 0.25) is 0 Å². The monoisotopic (exact) mass is 210 g/mol. The standard InChI is InChI=1S/C11H12F2N2/c1-7(2)15-10(6-14)11-8(12)4-3-5-9(11)13/h3-5,7,10,15H,1-2H3. The lowest BCUT2D eigenvalue weighted by Crippen LogP contribution is -2.28. The average molecular weight is 210 g/mol. The topological polar surface area (TPSA) is 35.8 Å². The van der Waals surface area contributed by atoms with Crippen molar-refractivity contribution in [3.8, 4) is 6.07 Å². The highest BCUT2D eigenvalue weighted by Gasteiger charge is 2.19. The Bertz CT molecular complexity index is 362. The van der Waals surface area contributed by atoms with Crippen LogP contribution in [-0.2, 0) is 0 Å². The van der Waals surface area contributed by atoms with Gasteiger partial charge in [0.25, 0.3) is 0 Å². The van der Waals surface area contributed by atoms with Crippen LogP contribution < -0.4 is 5.32 Å². The van der Waals surface area contributed by atoms with Gasteiger partial charge in [-0.1, -0.05) is 6.07 Å². The van der Waals surface area contributed by atoms with Gasteiger partial charge in [0.15, 0.2) is 0 Å². The highest BCUT2D eigenvalue weighted by molar-refractivity contribution is 5.27. The summed E-state index contributed by atoms with van der Waals surface area (Å²) in [6.45, 7) is 3.62. The molecule has 1 N–H and O–H groups in total. The molecule has 0 aliphatic rings. The highest BCUT2D eigenvalue weighted by atomic mass is 19.1. The van der Waals surface area contributed by atoms with Crippen LogP contribution in [0.3, 0.4) is 0 Å². The zero-order valence-electron chi connectivity index (χ0n) is 8.59. The predicted molar refractivity (Wildman–Crippen MR) is 53.0 cm³/mol. The summed E-state index contributed by atoms with van der Waals surface area (Å²) in [7, 11) is 0. The Labute approximate surface area is 87.5 Å². The SMILES string of the molecule is CC(C)NC(C#N)c1c(F)cccc1F. The van der Waals surface area contributed by atoms with Crippen LogP contribution in [0.1, 0.15) is 25.5 Å². The van der Waals surface area contributed by atoms with Crippen LogP contribution in [-0.4, -0.2) is 6.04 Å². The van der Waals surface area contributed by atoms with Gasteiger partial charge in [-0.25, -0.2) is 8.78 Å². The number of nitrogens with zero attached hydrogens (tertiary/aromatic N) is 1. The van der Waals surface area contributed by atoms with E-state index < -0.39 is 17.7 Å². The third kappa shape index (κ3) is 2.74. The molecular weight excluding hydrogens is 198 g/mol. The number of nitriles is 1. The molecule has 0 radical (unpaired) electrons. The molecule has 0 bridgehead atoms. The molecule has 1 atom stereocenters. The van der Waals surface area contributed by atoms with E-state index in [1.54, 1.807) is 0 Å². The van der Waals surface area contributed by atoms with Crippen molar-refractivity contribution in [1.82, 2.24) is 5.32 Å². The van der Waals surface area contributed by atoms with E-state index in [0.29, 0.717) is 0 Å². The van der Waals surface area contributed by atoms with Gasteiger partial charge in [0.05, 0.1) is 11.6 Å². The first-order valence-corrected chi connectivity index (χ1v) is 4.65. The number of rotatable bonds is 3. The summed E-state index contributed by atoms with van der Waals surface area (Å²) in [5.74, 6) is -1.40. The van der Waals surface area contributed by atoms with Crippen LogP contribution in [0.4, 0.5) is 8.78 Å². The third-order valence-corrected chi connectivity index (χ3v) is 1.92. The maximum Gasteiger partial charge on any atom is 0.131 e. The molecule has 1 rings (SSSR count). The van der Waals surface area contributed by atoms with Crippen molar-refractivity contribution < 1.29 is 8.78 Å². The fourth-order valence-electron chi connectivity index (χ4n) is 1.30. The van der Waals surface area contributed by atoms with E-state index in [1.165, 1.54) is 6.07 Å². The summed E-state index contributed by atoms with van der Waals surface area (Å²) in [5, 5.41) is 11.6. The largest absolute Gasteiger partial charge is 0.296 e. The molecule has 1 unspecified atom stereocenters. The Morgan fingerprint density at radius 3 is 2.20 bits per heavy atom. The zero-order valence-corrected chi connectivity index (χ0v) is 8.59. The summed E-state index contributed by atoms with van der Waals surface area (Å²) in [6.07, 6.45) is 0. The van der Waals surface area contributed by atoms with Crippen molar-refractivity contribution in [3.63, 3.8) is 0 Å². The zero-order chi connectivity index (χ0) is 11.4. The molecule has 1 aromatic rings. The van der Waals surface area contributed by atoms with Gasteiger partial charge in [-0.3, -0.25) is 5.32 Å². The number of hydrogen-bond donors (Lipinski definition) is 1. The summed E-state index contributed by atoms with van der Waals surface area (Å²) in [4.78, 5) is 0. The van der Waals surface area contributed by atoms with Crippen molar-refractivity contribution in [3.05, 3.63) is 35.4 Å².